The maximum atomic E-state index is 12.9. The fraction of sp³-hybridized carbons (Fsp3) is 0.471. The summed E-state index contributed by atoms with van der Waals surface area (Å²) in [5.74, 6) is 6.53. The third-order valence-corrected chi connectivity index (χ3v) is 5.19. The van der Waals surface area contributed by atoms with Gasteiger partial charge in [0.2, 0.25) is 0 Å². The molecule has 1 aliphatic heterocycles. The number of benzene rings is 1. The molecule has 3 nitrogen and oxygen atoms in total. The topological polar surface area (TPSA) is 40.5 Å². The summed E-state index contributed by atoms with van der Waals surface area (Å²) in [6, 6.07) is 5.91. The molecule has 4 heteroatoms. The molecule has 21 heavy (non-hydrogen) atoms. The second-order valence-electron chi connectivity index (χ2n) is 5.32. The molecule has 1 aromatic carbocycles. The van der Waals surface area contributed by atoms with Gasteiger partial charge in [-0.1, -0.05) is 30.4 Å². The minimum Gasteiger partial charge on any atom is -0.384 e. The Morgan fingerprint density at radius 2 is 2.24 bits per heavy atom. The second-order valence-corrected chi connectivity index (χ2v) is 6.81. The SMILES string of the molecule is Cc1ccc(C#CCO)c(C(=O)N2CCSC(C)C2C)c1. The van der Waals surface area contributed by atoms with Crippen LogP contribution >= 0.6 is 11.8 Å². The first-order valence-corrected chi connectivity index (χ1v) is 8.22. The van der Waals surface area contributed by atoms with Gasteiger partial charge in [0.1, 0.15) is 6.61 Å². The molecule has 2 unspecified atom stereocenters. The van der Waals surface area contributed by atoms with E-state index in [0.29, 0.717) is 16.4 Å². The lowest BCUT2D eigenvalue weighted by Crippen LogP contribution is -2.48. The Balaban J connectivity index is 2.35. The van der Waals surface area contributed by atoms with Gasteiger partial charge in [0.05, 0.1) is 5.56 Å². The Bertz CT molecular complexity index is 588. The van der Waals surface area contributed by atoms with Crippen LogP contribution in [-0.4, -0.2) is 46.1 Å². The van der Waals surface area contributed by atoms with Crippen molar-refractivity contribution in [1.82, 2.24) is 4.90 Å². The predicted molar refractivity (Wildman–Crippen MR) is 87.6 cm³/mol. The quantitative estimate of drug-likeness (QED) is 0.809. The molecule has 1 amide bonds. The molecule has 1 saturated heterocycles. The Morgan fingerprint density at radius 1 is 1.48 bits per heavy atom. The molecule has 0 spiro atoms. The van der Waals surface area contributed by atoms with E-state index in [1.54, 1.807) is 0 Å². The van der Waals surface area contributed by atoms with E-state index in [0.717, 1.165) is 17.9 Å². The van der Waals surface area contributed by atoms with E-state index in [1.165, 1.54) is 0 Å². The largest absolute Gasteiger partial charge is 0.384 e. The number of nitrogens with zero attached hydrogens (tertiary/aromatic N) is 1. The molecule has 1 N–H and O–H groups in total. The van der Waals surface area contributed by atoms with Crippen LogP contribution in [-0.2, 0) is 0 Å². The number of aryl methyl sites for hydroxylation is 1. The highest BCUT2D eigenvalue weighted by Crippen LogP contribution is 2.26. The fourth-order valence-corrected chi connectivity index (χ4v) is 3.55. The lowest BCUT2D eigenvalue weighted by Gasteiger charge is -2.37. The molecule has 1 heterocycles. The number of hydrogen-bond acceptors (Lipinski definition) is 3. The highest BCUT2D eigenvalue weighted by Gasteiger charge is 2.30. The molecule has 0 radical (unpaired) electrons. The number of amides is 1. The van der Waals surface area contributed by atoms with Gasteiger partial charge < -0.3 is 10.0 Å². The van der Waals surface area contributed by atoms with Crippen LogP contribution in [0.15, 0.2) is 18.2 Å². The Labute approximate surface area is 130 Å². The molecule has 2 rings (SSSR count). The zero-order valence-corrected chi connectivity index (χ0v) is 13.5. The first kappa shape index (κ1) is 15.9. The van der Waals surface area contributed by atoms with E-state index in [-0.39, 0.29) is 18.6 Å². The van der Waals surface area contributed by atoms with Crippen molar-refractivity contribution in [2.24, 2.45) is 0 Å². The van der Waals surface area contributed by atoms with Crippen molar-refractivity contribution in [2.45, 2.75) is 32.1 Å². The third kappa shape index (κ3) is 3.61. The van der Waals surface area contributed by atoms with E-state index >= 15 is 0 Å². The van der Waals surface area contributed by atoms with Crippen LogP contribution in [0.2, 0.25) is 0 Å². The van der Waals surface area contributed by atoms with E-state index in [2.05, 4.69) is 25.7 Å². The van der Waals surface area contributed by atoms with E-state index in [4.69, 9.17) is 5.11 Å². The molecule has 1 aromatic rings. The standard InChI is InChI=1S/C17H21NO2S/c1-12-6-7-15(5-4-9-19)16(11-12)17(20)18-8-10-21-14(3)13(18)2/h6-7,11,13-14,19H,8-10H2,1-3H3. The summed E-state index contributed by atoms with van der Waals surface area (Å²) < 4.78 is 0. The van der Waals surface area contributed by atoms with Crippen LogP contribution in [0.25, 0.3) is 0 Å². The summed E-state index contributed by atoms with van der Waals surface area (Å²) in [7, 11) is 0. The molecule has 1 aliphatic rings. The third-order valence-electron chi connectivity index (χ3n) is 3.85. The lowest BCUT2D eigenvalue weighted by atomic mass is 10.0. The van der Waals surface area contributed by atoms with E-state index in [1.807, 2.05) is 41.8 Å². The Morgan fingerprint density at radius 3 is 2.95 bits per heavy atom. The van der Waals surface area contributed by atoms with Gasteiger partial charge in [-0.25, -0.2) is 0 Å². The number of carbonyl (C=O) groups excluding carboxylic acids is 1. The number of aliphatic hydroxyl groups is 1. The highest BCUT2D eigenvalue weighted by atomic mass is 32.2. The predicted octanol–water partition coefficient (Wildman–Crippen LogP) is 2.30. The van der Waals surface area contributed by atoms with Crippen molar-refractivity contribution in [3.05, 3.63) is 34.9 Å². The second kappa shape index (κ2) is 7.02. The summed E-state index contributed by atoms with van der Waals surface area (Å²) in [5.41, 5.74) is 2.37. The molecular weight excluding hydrogens is 282 g/mol. The normalized spacial score (nSPS) is 21.6. The summed E-state index contributed by atoms with van der Waals surface area (Å²) in [6.07, 6.45) is 0. The zero-order chi connectivity index (χ0) is 15.4. The van der Waals surface area contributed by atoms with Crippen LogP contribution in [0.4, 0.5) is 0 Å². The van der Waals surface area contributed by atoms with Gasteiger partial charge in [0, 0.05) is 29.2 Å². The van der Waals surface area contributed by atoms with Crippen molar-refractivity contribution in [2.75, 3.05) is 18.9 Å². The lowest BCUT2D eigenvalue weighted by molar-refractivity contribution is 0.0698. The minimum atomic E-state index is -0.199. The van der Waals surface area contributed by atoms with Crippen LogP contribution in [0, 0.1) is 18.8 Å². The molecule has 0 bridgehead atoms. The summed E-state index contributed by atoms with van der Waals surface area (Å²) in [5, 5.41) is 9.31. The minimum absolute atomic E-state index is 0.0422. The molecule has 0 saturated carbocycles. The van der Waals surface area contributed by atoms with Crippen molar-refractivity contribution < 1.29 is 9.90 Å². The number of hydrogen-bond donors (Lipinski definition) is 1. The number of aliphatic hydroxyl groups excluding tert-OH is 1. The van der Waals surface area contributed by atoms with Crippen LogP contribution < -0.4 is 0 Å². The van der Waals surface area contributed by atoms with E-state index in [9.17, 15) is 4.79 Å². The van der Waals surface area contributed by atoms with Gasteiger partial charge in [-0.05, 0) is 26.0 Å². The Hall–Kier alpha value is -1.44. The Kier molecular flexibility index (Phi) is 5.33. The highest BCUT2D eigenvalue weighted by molar-refractivity contribution is 8.00. The number of rotatable bonds is 1. The van der Waals surface area contributed by atoms with Crippen molar-refractivity contribution in [1.29, 1.82) is 0 Å². The maximum Gasteiger partial charge on any atom is 0.255 e. The average molecular weight is 303 g/mol. The molecular formula is C17H21NO2S. The van der Waals surface area contributed by atoms with Crippen LogP contribution in [0.5, 0.6) is 0 Å². The van der Waals surface area contributed by atoms with Gasteiger partial charge in [-0.15, -0.1) is 0 Å². The number of thioether (sulfide) groups is 1. The van der Waals surface area contributed by atoms with Crippen LogP contribution in [0.3, 0.4) is 0 Å². The summed E-state index contributed by atoms with van der Waals surface area (Å²) in [6.45, 7) is 6.81. The van der Waals surface area contributed by atoms with Gasteiger partial charge in [-0.3, -0.25) is 4.79 Å². The first-order valence-electron chi connectivity index (χ1n) is 7.17. The molecule has 112 valence electrons. The van der Waals surface area contributed by atoms with Gasteiger partial charge in [0.25, 0.3) is 5.91 Å². The number of carbonyl (C=O) groups is 1. The van der Waals surface area contributed by atoms with Crippen LogP contribution in [0.1, 0.15) is 35.3 Å². The maximum absolute atomic E-state index is 12.9. The monoisotopic (exact) mass is 303 g/mol. The molecule has 0 aliphatic carbocycles. The zero-order valence-electron chi connectivity index (χ0n) is 12.7. The summed E-state index contributed by atoms with van der Waals surface area (Å²) in [4.78, 5) is 14.8. The first-order chi connectivity index (χ1) is 10.0. The fourth-order valence-electron chi connectivity index (χ4n) is 2.45. The molecule has 0 aromatic heterocycles. The van der Waals surface area contributed by atoms with Crippen molar-refractivity contribution >= 4 is 17.7 Å². The molecule has 1 fully saturated rings. The smallest absolute Gasteiger partial charge is 0.255 e. The summed E-state index contributed by atoms with van der Waals surface area (Å²) >= 11 is 1.91. The van der Waals surface area contributed by atoms with Gasteiger partial charge >= 0.3 is 0 Å². The molecule has 2 atom stereocenters. The van der Waals surface area contributed by atoms with Gasteiger partial charge in [-0.2, -0.15) is 11.8 Å². The average Bonchev–Trinajstić information content (AvgIpc) is 2.48. The van der Waals surface area contributed by atoms with Crippen molar-refractivity contribution in [3.8, 4) is 11.8 Å². The van der Waals surface area contributed by atoms with Gasteiger partial charge in [0.15, 0.2) is 0 Å². The van der Waals surface area contributed by atoms with Crippen molar-refractivity contribution in [3.63, 3.8) is 0 Å². The van der Waals surface area contributed by atoms with E-state index < -0.39 is 0 Å².